The molecular weight excluding hydrogens is 246 g/mol. The average molecular weight is 260 g/mol. The zero-order valence-corrected chi connectivity index (χ0v) is 9.99. The molecule has 100 valence electrons. The van der Waals surface area contributed by atoms with Crippen molar-refractivity contribution in [3.63, 3.8) is 0 Å². The zero-order valence-electron chi connectivity index (χ0n) is 9.99. The van der Waals surface area contributed by atoms with Crippen LogP contribution in [0, 0.1) is 11.8 Å². The van der Waals surface area contributed by atoms with Crippen LogP contribution in [0.25, 0.3) is 0 Å². The van der Waals surface area contributed by atoms with E-state index in [0.29, 0.717) is 13.0 Å². The second-order valence-corrected chi connectivity index (χ2v) is 3.94. The van der Waals surface area contributed by atoms with E-state index < -0.39 is 29.3 Å². The van der Waals surface area contributed by atoms with E-state index in [1.165, 1.54) is 0 Å². The molecule has 1 atom stereocenters. The molecule has 2 rings (SSSR count). The Morgan fingerprint density at radius 3 is 2.89 bits per heavy atom. The Morgan fingerprint density at radius 1 is 1.50 bits per heavy atom. The monoisotopic (exact) mass is 260 g/mol. The van der Waals surface area contributed by atoms with Gasteiger partial charge in [-0.3, -0.25) is 4.79 Å². The fourth-order valence-corrected chi connectivity index (χ4v) is 1.86. The van der Waals surface area contributed by atoms with Crippen LogP contribution in [0.15, 0.2) is 4.79 Å². The first-order valence-corrected chi connectivity index (χ1v) is 5.87. The molecule has 0 aromatic carbocycles. The van der Waals surface area contributed by atoms with Crippen molar-refractivity contribution >= 4 is 0 Å². The van der Waals surface area contributed by atoms with Crippen molar-refractivity contribution < 1.29 is 18.3 Å². The van der Waals surface area contributed by atoms with Crippen LogP contribution < -0.4 is 10.3 Å². The van der Waals surface area contributed by atoms with E-state index in [-0.39, 0.29) is 6.61 Å². The van der Waals surface area contributed by atoms with Crippen LogP contribution >= 0.6 is 0 Å². The van der Waals surface area contributed by atoms with Gasteiger partial charge in [-0.25, -0.2) is 0 Å². The van der Waals surface area contributed by atoms with Crippen LogP contribution in [0.4, 0.5) is 8.78 Å². The summed E-state index contributed by atoms with van der Waals surface area (Å²) in [5.41, 5.74) is -0.803. The summed E-state index contributed by atoms with van der Waals surface area (Å²) in [6, 6.07) is 0. The van der Waals surface area contributed by atoms with Crippen molar-refractivity contribution in [3.05, 3.63) is 22.1 Å². The first-order valence-electron chi connectivity index (χ1n) is 5.87. The van der Waals surface area contributed by atoms with Crippen molar-refractivity contribution in [1.82, 2.24) is 9.78 Å². The Morgan fingerprint density at radius 2 is 2.28 bits per heavy atom. The highest BCUT2D eigenvalue weighted by atomic mass is 19.2. The summed E-state index contributed by atoms with van der Waals surface area (Å²) in [5.74, 6) is -3.35. The predicted molar refractivity (Wildman–Crippen MR) is 58.4 cm³/mol. The summed E-state index contributed by atoms with van der Waals surface area (Å²) < 4.78 is 37.7. The van der Waals surface area contributed by atoms with Crippen LogP contribution in [-0.4, -0.2) is 23.0 Å². The Hall–Kier alpha value is -1.50. The van der Waals surface area contributed by atoms with Gasteiger partial charge in [0, 0.05) is 6.61 Å². The van der Waals surface area contributed by atoms with Gasteiger partial charge >= 0.3 is 5.56 Å². The summed E-state index contributed by atoms with van der Waals surface area (Å²) in [7, 11) is 0. The normalized spacial score (nSPS) is 19.8. The maximum absolute atomic E-state index is 13.4. The van der Waals surface area contributed by atoms with E-state index >= 15 is 0 Å². The highest BCUT2D eigenvalue weighted by Gasteiger charge is 2.25. The molecule has 1 aliphatic rings. The molecule has 0 N–H and O–H groups in total. The minimum Gasteiger partial charge on any atom is -0.486 e. The summed E-state index contributed by atoms with van der Waals surface area (Å²) >= 11 is 0. The molecule has 0 bridgehead atoms. The number of ether oxygens (including phenoxy) is 2. The fraction of sp³-hybridized carbons (Fsp3) is 0.636. The molecule has 5 nitrogen and oxygen atoms in total. The molecule has 0 radical (unpaired) electrons. The molecule has 1 aromatic rings. The summed E-state index contributed by atoms with van der Waals surface area (Å²) in [5, 5.41) is 3.30. The Labute approximate surface area is 102 Å². The molecule has 1 fully saturated rings. The molecule has 0 saturated carbocycles. The molecule has 1 unspecified atom stereocenters. The largest absolute Gasteiger partial charge is 0.486 e. The van der Waals surface area contributed by atoms with Crippen LogP contribution in [-0.2, 0) is 4.74 Å². The lowest BCUT2D eigenvalue weighted by Crippen LogP contribution is -2.33. The first-order chi connectivity index (χ1) is 8.65. The van der Waals surface area contributed by atoms with Gasteiger partial charge in [0.1, 0.15) is 0 Å². The van der Waals surface area contributed by atoms with Crippen LogP contribution in [0.3, 0.4) is 0 Å². The maximum Gasteiger partial charge on any atom is 0.314 e. The third-order valence-corrected chi connectivity index (χ3v) is 2.70. The van der Waals surface area contributed by atoms with Crippen molar-refractivity contribution in [3.8, 4) is 5.75 Å². The molecule has 0 spiro atoms. The lowest BCUT2D eigenvalue weighted by atomic mass is 10.2. The van der Waals surface area contributed by atoms with E-state index in [4.69, 9.17) is 9.47 Å². The second kappa shape index (κ2) is 5.43. The van der Waals surface area contributed by atoms with Gasteiger partial charge in [-0.2, -0.15) is 13.5 Å². The lowest BCUT2D eigenvalue weighted by Gasteiger charge is -2.23. The fourth-order valence-electron chi connectivity index (χ4n) is 1.86. The Bertz CT molecular complexity index is 484. The summed E-state index contributed by atoms with van der Waals surface area (Å²) in [4.78, 5) is 11.9. The average Bonchev–Trinajstić information content (AvgIpc) is 2.40. The van der Waals surface area contributed by atoms with Gasteiger partial charge in [-0.1, -0.05) is 0 Å². The van der Waals surface area contributed by atoms with Gasteiger partial charge in [0.2, 0.25) is 11.6 Å². The number of nitrogens with zero attached hydrogens (tertiary/aromatic N) is 2. The van der Waals surface area contributed by atoms with Gasteiger partial charge in [-0.15, -0.1) is 5.10 Å². The van der Waals surface area contributed by atoms with Crippen LogP contribution in [0.2, 0.25) is 0 Å². The first kappa shape index (κ1) is 12.9. The number of hydrogen-bond donors (Lipinski definition) is 0. The van der Waals surface area contributed by atoms with E-state index in [9.17, 15) is 13.6 Å². The quantitative estimate of drug-likeness (QED) is 0.828. The molecule has 2 heterocycles. The molecule has 1 aliphatic heterocycles. The molecule has 1 saturated heterocycles. The molecule has 7 heteroatoms. The van der Waals surface area contributed by atoms with E-state index in [0.717, 1.165) is 17.5 Å². The molecule has 18 heavy (non-hydrogen) atoms. The zero-order chi connectivity index (χ0) is 13.1. The lowest BCUT2D eigenvalue weighted by molar-refractivity contribution is -0.0447. The van der Waals surface area contributed by atoms with E-state index in [1.54, 1.807) is 6.92 Å². The van der Waals surface area contributed by atoms with Crippen molar-refractivity contribution in [2.75, 3.05) is 13.2 Å². The predicted octanol–water partition coefficient (Wildman–Crippen LogP) is 1.62. The molecule has 0 amide bonds. The standard InChI is InChI=1S/C11H14F2N2O3/c1-2-17-9-8(12)10(13)14-15(11(9)16)7-5-3-4-6-18-7/h7H,2-6H2,1H3. The summed E-state index contributed by atoms with van der Waals surface area (Å²) in [6.45, 7) is 2.13. The van der Waals surface area contributed by atoms with Crippen LogP contribution in [0.5, 0.6) is 5.75 Å². The van der Waals surface area contributed by atoms with Crippen LogP contribution in [0.1, 0.15) is 32.4 Å². The van der Waals surface area contributed by atoms with Crippen molar-refractivity contribution in [2.24, 2.45) is 0 Å². The van der Waals surface area contributed by atoms with Gasteiger partial charge in [-0.05, 0) is 26.2 Å². The van der Waals surface area contributed by atoms with Crippen molar-refractivity contribution in [2.45, 2.75) is 32.4 Å². The summed E-state index contributed by atoms with van der Waals surface area (Å²) in [6.07, 6.45) is 1.62. The number of aromatic nitrogens is 2. The number of rotatable bonds is 3. The topological polar surface area (TPSA) is 53.4 Å². The highest BCUT2D eigenvalue weighted by molar-refractivity contribution is 5.18. The SMILES string of the molecule is CCOc1c(F)c(F)nn(C2CCCCO2)c1=O. The third-order valence-electron chi connectivity index (χ3n) is 2.70. The van der Waals surface area contributed by atoms with Gasteiger partial charge in [0.15, 0.2) is 6.23 Å². The van der Waals surface area contributed by atoms with E-state index in [2.05, 4.69) is 5.10 Å². The number of halogens is 2. The molecular formula is C11H14F2N2O3. The smallest absolute Gasteiger partial charge is 0.314 e. The number of hydrogen-bond acceptors (Lipinski definition) is 4. The Balaban J connectivity index is 2.44. The highest BCUT2D eigenvalue weighted by Crippen LogP contribution is 2.22. The minimum absolute atomic E-state index is 0.0706. The molecule has 1 aromatic heterocycles. The van der Waals surface area contributed by atoms with Gasteiger partial charge in [0.05, 0.1) is 6.61 Å². The Kier molecular flexibility index (Phi) is 3.90. The minimum atomic E-state index is -1.35. The molecule has 0 aliphatic carbocycles. The van der Waals surface area contributed by atoms with E-state index in [1.807, 2.05) is 0 Å². The van der Waals surface area contributed by atoms with Crippen molar-refractivity contribution in [1.29, 1.82) is 0 Å². The van der Waals surface area contributed by atoms with Gasteiger partial charge < -0.3 is 9.47 Å². The maximum atomic E-state index is 13.4. The van der Waals surface area contributed by atoms with Gasteiger partial charge in [0.25, 0.3) is 5.95 Å². The second-order valence-electron chi connectivity index (χ2n) is 3.94. The third kappa shape index (κ3) is 2.35.